The first-order chi connectivity index (χ1) is 15.4. The van der Waals surface area contributed by atoms with Crippen LogP contribution in [0, 0.1) is 5.92 Å². The second-order valence-electron chi connectivity index (χ2n) is 8.64. The molecule has 0 aliphatic carbocycles. The Morgan fingerprint density at radius 1 is 1.31 bits per heavy atom. The van der Waals surface area contributed by atoms with Gasteiger partial charge in [-0.2, -0.15) is 0 Å². The van der Waals surface area contributed by atoms with E-state index >= 15 is 0 Å². The summed E-state index contributed by atoms with van der Waals surface area (Å²) in [7, 11) is 1.87. The molecular formula is C23H36N4O5. The number of nitrogens with zero attached hydrogens (tertiary/aromatic N) is 2. The number of carbonyl (C=O) groups excluding carboxylic acids is 2. The Balaban J connectivity index is 1.76. The average molecular weight is 449 g/mol. The van der Waals surface area contributed by atoms with Crippen LogP contribution in [0.1, 0.15) is 30.6 Å². The lowest BCUT2D eigenvalue weighted by molar-refractivity contribution is -0.116. The molecule has 1 aromatic carbocycles. The minimum absolute atomic E-state index is 0.0770. The zero-order chi connectivity index (χ0) is 23.1. The van der Waals surface area contributed by atoms with Gasteiger partial charge in [-0.3, -0.25) is 14.5 Å². The molecule has 3 rings (SSSR count). The van der Waals surface area contributed by atoms with E-state index < -0.39 is 0 Å². The van der Waals surface area contributed by atoms with Crippen molar-refractivity contribution < 1.29 is 24.2 Å². The Kier molecular flexibility index (Phi) is 8.86. The fourth-order valence-corrected chi connectivity index (χ4v) is 4.05. The predicted octanol–water partition coefficient (Wildman–Crippen LogP) is 0.787. The van der Waals surface area contributed by atoms with Gasteiger partial charge in [0.1, 0.15) is 11.9 Å². The number of ether oxygens (including phenoxy) is 2. The number of amides is 2. The summed E-state index contributed by atoms with van der Waals surface area (Å²) >= 11 is 0. The number of fused-ring (bicyclic) bond motifs is 1. The molecular weight excluding hydrogens is 412 g/mol. The topological polar surface area (TPSA) is 103 Å². The summed E-state index contributed by atoms with van der Waals surface area (Å²) in [6, 6.07) is 4.86. The fraction of sp³-hybridized carbons (Fsp3) is 0.652. The Bertz CT molecular complexity index is 784. The number of anilines is 1. The molecule has 1 saturated heterocycles. The van der Waals surface area contributed by atoms with E-state index in [0.717, 1.165) is 13.1 Å². The Hall–Kier alpha value is -2.20. The van der Waals surface area contributed by atoms with Gasteiger partial charge >= 0.3 is 0 Å². The van der Waals surface area contributed by atoms with Gasteiger partial charge in [0.25, 0.3) is 5.91 Å². The van der Waals surface area contributed by atoms with Crippen molar-refractivity contribution in [1.29, 1.82) is 0 Å². The summed E-state index contributed by atoms with van der Waals surface area (Å²) < 4.78 is 11.5. The first kappa shape index (κ1) is 24.4. The monoisotopic (exact) mass is 448 g/mol. The summed E-state index contributed by atoms with van der Waals surface area (Å²) in [4.78, 5) is 29.7. The molecule has 2 aliphatic heterocycles. The fourth-order valence-electron chi connectivity index (χ4n) is 4.05. The molecule has 0 bridgehead atoms. The van der Waals surface area contributed by atoms with Crippen LogP contribution in [0.5, 0.6) is 5.75 Å². The molecule has 2 amide bonds. The number of benzene rings is 1. The lowest BCUT2D eigenvalue weighted by Gasteiger charge is -2.37. The summed E-state index contributed by atoms with van der Waals surface area (Å²) in [5, 5.41) is 15.8. The van der Waals surface area contributed by atoms with E-state index in [0.29, 0.717) is 56.3 Å². The van der Waals surface area contributed by atoms with Crippen LogP contribution in [0.4, 0.5) is 5.69 Å². The maximum Gasteiger partial charge on any atom is 0.258 e. The number of likely N-dealkylation sites (N-methyl/N-ethyl adjacent to an activating group) is 1. The molecule has 0 spiro atoms. The van der Waals surface area contributed by atoms with E-state index in [1.165, 1.54) is 0 Å². The number of carbonyl (C=O) groups is 2. The number of aliphatic hydroxyl groups is 1. The molecule has 0 radical (unpaired) electrons. The van der Waals surface area contributed by atoms with Gasteiger partial charge in [-0.25, -0.2) is 0 Å². The SMILES string of the molecule is CNC[C@@H]1Oc2ccc(NC(=O)CCN3CCOCC3)cc2C(=O)N([C@@H](C)CO)C[C@H]1C. The van der Waals surface area contributed by atoms with E-state index in [2.05, 4.69) is 15.5 Å². The minimum atomic E-state index is -0.321. The molecule has 2 heterocycles. The molecule has 0 aromatic heterocycles. The van der Waals surface area contributed by atoms with Gasteiger partial charge < -0.3 is 30.1 Å². The van der Waals surface area contributed by atoms with Crippen molar-refractivity contribution in [3.63, 3.8) is 0 Å². The number of morpholine rings is 1. The summed E-state index contributed by atoms with van der Waals surface area (Å²) in [6.45, 7) is 8.61. The van der Waals surface area contributed by atoms with Gasteiger partial charge in [0.2, 0.25) is 5.91 Å². The lowest BCUT2D eigenvalue weighted by atomic mass is 9.99. The normalized spacial score (nSPS) is 23.0. The third kappa shape index (κ3) is 6.19. The van der Waals surface area contributed by atoms with Crippen LogP contribution in [0.15, 0.2) is 18.2 Å². The molecule has 0 unspecified atom stereocenters. The Morgan fingerprint density at radius 2 is 2.06 bits per heavy atom. The van der Waals surface area contributed by atoms with Gasteiger partial charge in [0.05, 0.1) is 31.4 Å². The highest BCUT2D eigenvalue weighted by Crippen LogP contribution is 2.30. The van der Waals surface area contributed by atoms with Crippen LogP contribution in [0.25, 0.3) is 0 Å². The van der Waals surface area contributed by atoms with Crippen LogP contribution in [0.3, 0.4) is 0 Å². The Labute approximate surface area is 190 Å². The molecule has 9 nitrogen and oxygen atoms in total. The Morgan fingerprint density at radius 3 is 2.75 bits per heavy atom. The van der Waals surface area contributed by atoms with E-state index in [1.54, 1.807) is 23.1 Å². The van der Waals surface area contributed by atoms with Gasteiger partial charge in [-0.05, 0) is 32.2 Å². The van der Waals surface area contributed by atoms with E-state index in [9.17, 15) is 14.7 Å². The first-order valence-electron chi connectivity index (χ1n) is 11.4. The van der Waals surface area contributed by atoms with Crippen LogP contribution in [0.2, 0.25) is 0 Å². The predicted molar refractivity (Wildman–Crippen MR) is 122 cm³/mol. The highest BCUT2D eigenvalue weighted by atomic mass is 16.5. The van der Waals surface area contributed by atoms with Crippen molar-refractivity contribution in [2.75, 3.05) is 64.9 Å². The summed E-state index contributed by atoms with van der Waals surface area (Å²) in [5.41, 5.74) is 0.951. The molecule has 32 heavy (non-hydrogen) atoms. The molecule has 2 aliphatic rings. The summed E-state index contributed by atoms with van der Waals surface area (Å²) in [5.74, 6) is 0.259. The van der Waals surface area contributed by atoms with Crippen LogP contribution >= 0.6 is 0 Å². The smallest absolute Gasteiger partial charge is 0.258 e. The zero-order valence-electron chi connectivity index (χ0n) is 19.3. The minimum Gasteiger partial charge on any atom is -0.488 e. The maximum atomic E-state index is 13.4. The third-order valence-corrected chi connectivity index (χ3v) is 6.11. The van der Waals surface area contributed by atoms with E-state index in [4.69, 9.17) is 9.47 Å². The molecule has 1 fully saturated rings. The molecule has 1 aromatic rings. The number of rotatable bonds is 8. The summed E-state index contributed by atoms with van der Waals surface area (Å²) in [6.07, 6.45) is 0.242. The van der Waals surface area contributed by atoms with Crippen molar-refractivity contribution in [2.24, 2.45) is 5.92 Å². The van der Waals surface area contributed by atoms with Gasteiger partial charge in [-0.1, -0.05) is 6.92 Å². The van der Waals surface area contributed by atoms with Gasteiger partial charge in [0.15, 0.2) is 0 Å². The maximum absolute atomic E-state index is 13.4. The zero-order valence-corrected chi connectivity index (χ0v) is 19.3. The molecule has 3 N–H and O–H groups in total. The third-order valence-electron chi connectivity index (χ3n) is 6.11. The van der Waals surface area contributed by atoms with Crippen LogP contribution in [-0.2, 0) is 9.53 Å². The highest BCUT2D eigenvalue weighted by molar-refractivity contribution is 5.99. The average Bonchev–Trinajstić information content (AvgIpc) is 2.80. The van der Waals surface area contributed by atoms with Gasteiger partial charge in [-0.15, -0.1) is 0 Å². The largest absolute Gasteiger partial charge is 0.488 e. The number of hydrogen-bond donors (Lipinski definition) is 3. The number of aliphatic hydroxyl groups excluding tert-OH is 1. The van der Waals surface area contributed by atoms with Gasteiger partial charge in [0, 0.05) is 50.7 Å². The molecule has 178 valence electrons. The van der Waals surface area contributed by atoms with Crippen LogP contribution < -0.4 is 15.4 Å². The van der Waals surface area contributed by atoms with Crippen molar-refractivity contribution in [1.82, 2.24) is 15.1 Å². The van der Waals surface area contributed by atoms with E-state index in [-0.39, 0.29) is 36.5 Å². The first-order valence-corrected chi connectivity index (χ1v) is 11.4. The van der Waals surface area contributed by atoms with Crippen molar-refractivity contribution in [2.45, 2.75) is 32.4 Å². The number of nitrogens with one attached hydrogen (secondary N) is 2. The van der Waals surface area contributed by atoms with Crippen molar-refractivity contribution >= 4 is 17.5 Å². The number of hydrogen-bond acceptors (Lipinski definition) is 7. The lowest BCUT2D eigenvalue weighted by Crippen LogP contribution is -2.49. The van der Waals surface area contributed by atoms with Crippen molar-refractivity contribution in [3.8, 4) is 5.75 Å². The van der Waals surface area contributed by atoms with E-state index in [1.807, 2.05) is 20.9 Å². The quantitative estimate of drug-likeness (QED) is 0.540. The standard InChI is InChI=1S/C23H36N4O5/c1-16-14-27(17(2)15-28)23(30)19-12-18(4-5-20(19)32-21(16)13-24-3)25-22(29)6-7-26-8-10-31-11-9-26/h4-5,12,16-17,21,24,28H,6-11,13-15H2,1-3H3,(H,25,29)/t16-,17+,21+/m1/s1. The highest BCUT2D eigenvalue weighted by Gasteiger charge is 2.32. The van der Waals surface area contributed by atoms with Crippen LogP contribution in [-0.4, -0.2) is 98.5 Å². The molecule has 0 saturated carbocycles. The molecule has 3 atom stereocenters. The molecule has 9 heteroatoms. The second-order valence-corrected chi connectivity index (χ2v) is 8.64. The second kappa shape index (κ2) is 11.6. The van der Waals surface area contributed by atoms with Crippen molar-refractivity contribution in [3.05, 3.63) is 23.8 Å².